The second-order valence-corrected chi connectivity index (χ2v) is 12.9. The lowest BCUT2D eigenvalue weighted by molar-refractivity contribution is 0.0400. The van der Waals surface area contributed by atoms with Crippen LogP contribution in [0.2, 0.25) is 0 Å². The van der Waals surface area contributed by atoms with Crippen LogP contribution in [0.15, 0.2) is 94.7 Å². The third kappa shape index (κ3) is 5.03. The summed E-state index contributed by atoms with van der Waals surface area (Å²) < 4.78 is 75.4. The molecule has 0 saturated carbocycles. The lowest BCUT2D eigenvalue weighted by Crippen LogP contribution is -2.16. The third-order valence-electron chi connectivity index (χ3n) is 7.57. The molecule has 0 heterocycles. The number of hydrogen-bond acceptors (Lipinski definition) is 9. The normalized spacial score (nSPS) is 12.0. The molecule has 6 rings (SSSR count). The minimum absolute atomic E-state index is 0.152. The van der Waals surface area contributed by atoms with Gasteiger partial charge < -0.3 is 14.9 Å². The fourth-order valence-corrected chi connectivity index (χ4v) is 7.72. The Labute approximate surface area is 263 Å². The van der Waals surface area contributed by atoms with E-state index in [0.717, 1.165) is 24.3 Å². The molecule has 236 valence electrons. The van der Waals surface area contributed by atoms with Gasteiger partial charge in [0.2, 0.25) is 0 Å². The zero-order valence-corrected chi connectivity index (χ0v) is 25.0. The first-order chi connectivity index (χ1) is 22.1. The lowest BCUT2D eigenvalue weighted by Gasteiger charge is -2.16. The monoisotopic (exact) mass is 674 g/mol. The number of ether oxygens (including phenoxy) is 1. The maximum absolute atomic E-state index is 13.6. The van der Waals surface area contributed by atoms with E-state index in [0.29, 0.717) is 0 Å². The van der Waals surface area contributed by atoms with Crippen molar-refractivity contribution >= 4 is 87.2 Å². The van der Waals surface area contributed by atoms with Crippen molar-refractivity contribution in [2.45, 2.75) is 9.79 Å². The Morgan fingerprint density at radius 1 is 0.468 bits per heavy atom. The second kappa shape index (κ2) is 11.0. The molecule has 0 bridgehead atoms. The highest BCUT2D eigenvalue weighted by Crippen LogP contribution is 2.39. The van der Waals surface area contributed by atoms with Gasteiger partial charge in [-0.3, -0.25) is 9.11 Å². The molecule has 0 unspecified atom stereocenters. The smallest absolute Gasteiger partial charge is 0.346 e. The summed E-state index contributed by atoms with van der Waals surface area (Å²) >= 11 is 0. The second-order valence-electron chi connectivity index (χ2n) is 10.2. The summed E-state index contributed by atoms with van der Waals surface area (Å²) in [5.41, 5.74) is -2.26. The predicted octanol–water partition coefficient (Wildman–Crippen LogP) is 5.19. The predicted molar refractivity (Wildman–Crippen MR) is 166 cm³/mol. The van der Waals surface area contributed by atoms with Crippen molar-refractivity contribution in [3.63, 3.8) is 0 Å². The molecule has 6 aromatic carbocycles. The number of carbonyl (C=O) groups excluding carboxylic acids is 2. The number of carboxylic acid groups (broad SMARTS) is 2. The molecule has 47 heavy (non-hydrogen) atoms. The van der Waals surface area contributed by atoms with Crippen LogP contribution in [0.25, 0.3) is 43.1 Å². The summed E-state index contributed by atoms with van der Waals surface area (Å²) in [6.07, 6.45) is 0. The highest BCUT2D eigenvalue weighted by atomic mass is 32.2. The van der Waals surface area contributed by atoms with Crippen LogP contribution in [0, 0.1) is 0 Å². The Morgan fingerprint density at radius 3 is 1.11 bits per heavy atom. The lowest BCUT2D eigenvalue weighted by atomic mass is 9.93. The van der Waals surface area contributed by atoms with E-state index in [1.54, 1.807) is 0 Å². The molecule has 6 aromatic rings. The van der Waals surface area contributed by atoms with Crippen molar-refractivity contribution in [1.29, 1.82) is 0 Å². The van der Waals surface area contributed by atoms with Crippen molar-refractivity contribution in [2.24, 2.45) is 0 Å². The molecule has 0 spiro atoms. The van der Waals surface area contributed by atoms with Gasteiger partial charge in [0, 0.05) is 32.3 Å². The van der Waals surface area contributed by atoms with Gasteiger partial charge in [-0.1, -0.05) is 72.8 Å². The third-order valence-corrected chi connectivity index (χ3v) is 9.48. The van der Waals surface area contributed by atoms with Crippen molar-refractivity contribution in [2.75, 3.05) is 0 Å². The Balaban J connectivity index is 1.61. The van der Waals surface area contributed by atoms with Crippen molar-refractivity contribution in [3.8, 4) is 0 Å². The number of hydrogen-bond donors (Lipinski definition) is 4. The number of benzene rings is 6. The molecule has 0 aromatic heterocycles. The van der Waals surface area contributed by atoms with Crippen LogP contribution < -0.4 is 0 Å². The number of carboxylic acids is 2. The Kier molecular flexibility index (Phi) is 7.28. The van der Waals surface area contributed by atoms with E-state index in [2.05, 4.69) is 0 Å². The average Bonchev–Trinajstić information content (AvgIpc) is 2.99. The van der Waals surface area contributed by atoms with Gasteiger partial charge >= 0.3 is 23.9 Å². The molecule has 4 N–H and O–H groups in total. The van der Waals surface area contributed by atoms with E-state index >= 15 is 0 Å². The maximum atomic E-state index is 13.6. The number of fused-ring (bicyclic) bond motifs is 4. The molecule has 0 saturated heterocycles. The van der Waals surface area contributed by atoms with E-state index in [4.69, 9.17) is 4.74 Å². The Hall–Kier alpha value is -5.74. The van der Waals surface area contributed by atoms with Crippen LogP contribution in [0.5, 0.6) is 0 Å². The van der Waals surface area contributed by atoms with E-state index < -0.39 is 86.9 Å². The molecule has 0 radical (unpaired) electrons. The summed E-state index contributed by atoms with van der Waals surface area (Å²) in [6, 6.07) is 17.5. The highest BCUT2D eigenvalue weighted by Gasteiger charge is 2.31. The SMILES string of the molecule is O=C(OC(=O)c1cccc2c(S(=O)(=O)O)c3ccccc3c(C(=O)O)c12)c1cccc2c(S(=O)(=O)O)c3ccccc3c(C(=O)O)c12. The van der Waals surface area contributed by atoms with Gasteiger partial charge in [0.25, 0.3) is 20.2 Å². The van der Waals surface area contributed by atoms with Gasteiger partial charge in [0.05, 0.1) is 22.3 Å². The van der Waals surface area contributed by atoms with E-state index in [1.807, 2.05) is 0 Å². The molecule has 0 atom stereocenters. The standard InChI is InChI=1S/C32H18O13S2/c33-29(34)25-15-7-1-3-9-17(15)27(46(39,40)41)19-11-5-13-21(23(19)25)31(37)45-32(38)22-14-6-12-20-24(22)26(30(35)36)16-8-2-4-10-18(16)28(20)47(42,43)44/h1-14H,(H,33,34)(H,35,36)(H,39,40,41)(H,42,43,44). The summed E-state index contributed by atoms with van der Waals surface area (Å²) in [5, 5.41) is 18.0. The van der Waals surface area contributed by atoms with Crippen LogP contribution in [0.1, 0.15) is 41.4 Å². The number of aromatic carboxylic acids is 2. The minimum Gasteiger partial charge on any atom is -0.478 e. The molecule has 0 fully saturated rings. The van der Waals surface area contributed by atoms with Gasteiger partial charge in [-0.05, 0) is 22.9 Å². The van der Waals surface area contributed by atoms with Gasteiger partial charge in [0.1, 0.15) is 9.79 Å². The van der Waals surface area contributed by atoms with E-state index in [-0.39, 0.29) is 32.3 Å². The first-order valence-corrected chi connectivity index (χ1v) is 16.1. The summed E-state index contributed by atoms with van der Waals surface area (Å²) in [6.45, 7) is 0. The largest absolute Gasteiger partial charge is 0.478 e. The average molecular weight is 675 g/mol. The van der Waals surface area contributed by atoms with Crippen molar-refractivity contribution in [1.82, 2.24) is 0 Å². The quantitative estimate of drug-likeness (QED) is 0.0773. The zero-order chi connectivity index (χ0) is 34.0. The fraction of sp³-hybridized carbons (Fsp3) is 0. The highest BCUT2D eigenvalue weighted by molar-refractivity contribution is 7.86. The van der Waals surface area contributed by atoms with Crippen LogP contribution in [-0.2, 0) is 25.0 Å². The Bertz CT molecular complexity index is 2460. The van der Waals surface area contributed by atoms with Crippen LogP contribution in [-0.4, -0.2) is 60.0 Å². The van der Waals surface area contributed by atoms with Gasteiger partial charge in [0.15, 0.2) is 0 Å². The van der Waals surface area contributed by atoms with Crippen molar-refractivity contribution < 1.29 is 60.1 Å². The van der Waals surface area contributed by atoms with Crippen LogP contribution in [0.4, 0.5) is 0 Å². The first kappa shape index (κ1) is 31.3. The van der Waals surface area contributed by atoms with Crippen molar-refractivity contribution in [3.05, 3.63) is 107 Å². The molecule has 0 aliphatic heterocycles. The van der Waals surface area contributed by atoms with Crippen LogP contribution in [0.3, 0.4) is 0 Å². The molecule has 13 nitrogen and oxygen atoms in total. The Morgan fingerprint density at radius 2 is 0.787 bits per heavy atom. The number of carbonyl (C=O) groups is 4. The zero-order valence-electron chi connectivity index (χ0n) is 23.4. The van der Waals surface area contributed by atoms with E-state index in [1.165, 1.54) is 60.7 Å². The molecule has 0 amide bonds. The van der Waals surface area contributed by atoms with Gasteiger partial charge in [-0.15, -0.1) is 0 Å². The molecule has 0 aliphatic rings. The maximum Gasteiger partial charge on any atom is 0.346 e. The van der Waals surface area contributed by atoms with E-state index in [9.17, 15) is 55.3 Å². The minimum atomic E-state index is -5.02. The first-order valence-electron chi connectivity index (χ1n) is 13.3. The topological polar surface area (TPSA) is 227 Å². The summed E-state index contributed by atoms with van der Waals surface area (Å²) in [4.78, 5) is 50.9. The van der Waals surface area contributed by atoms with Crippen LogP contribution >= 0.6 is 0 Å². The fourth-order valence-electron chi connectivity index (χ4n) is 5.91. The van der Waals surface area contributed by atoms with Gasteiger partial charge in [-0.2, -0.15) is 16.8 Å². The summed E-state index contributed by atoms with van der Waals surface area (Å²) in [5.74, 6) is -6.12. The van der Waals surface area contributed by atoms with Gasteiger partial charge in [-0.25, -0.2) is 19.2 Å². The number of esters is 2. The molecule has 0 aliphatic carbocycles. The number of rotatable bonds is 6. The molecule has 15 heteroatoms. The molecular formula is C32H18O13S2. The summed E-state index contributed by atoms with van der Waals surface area (Å²) in [7, 11) is -10.0. The molecular weight excluding hydrogens is 656 g/mol.